The molecule has 5 nitrogen and oxygen atoms in total. The molecule has 108 valence electrons. The third-order valence-corrected chi connectivity index (χ3v) is 4.41. The first-order valence-corrected chi connectivity index (χ1v) is 7.45. The molecule has 2 heterocycles. The lowest BCUT2D eigenvalue weighted by Crippen LogP contribution is -2.59. The fourth-order valence-corrected chi connectivity index (χ4v) is 3.10. The largest absolute Gasteiger partial charge is 0.345 e. The first-order chi connectivity index (χ1) is 9.15. The highest BCUT2D eigenvalue weighted by Crippen LogP contribution is 2.21. The number of piperazine rings is 1. The van der Waals surface area contributed by atoms with Crippen molar-refractivity contribution in [2.45, 2.75) is 39.2 Å². The summed E-state index contributed by atoms with van der Waals surface area (Å²) in [5, 5.41) is 2.68. The maximum absolute atomic E-state index is 12.0. The zero-order chi connectivity index (χ0) is 13.8. The van der Waals surface area contributed by atoms with E-state index in [1.807, 2.05) is 11.8 Å². The summed E-state index contributed by atoms with van der Waals surface area (Å²) >= 11 is 0. The molecule has 5 heteroatoms. The molecular weight excluding hydrogens is 242 g/mol. The van der Waals surface area contributed by atoms with E-state index >= 15 is 0 Å². The highest BCUT2D eigenvalue weighted by atomic mass is 16.2. The lowest BCUT2D eigenvalue weighted by atomic mass is 9.94. The summed E-state index contributed by atoms with van der Waals surface area (Å²) in [6.45, 7) is 8.42. The molecule has 0 aromatic rings. The number of nitrogens with one attached hydrogen (secondary N) is 1. The van der Waals surface area contributed by atoms with Gasteiger partial charge in [-0.25, -0.2) is 0 Å². The van der Waals surface area contributed by atoms with Gasteiger partial charge in [0.2, 0.25) is 11.8 Å². The number of carbonyl (C=O) groups excluding carboxylic acids is 2. The van der Waals surface area contributed by atoms with E-state index in [0.29, 0.717) is 12.3 Å². The minimum atomic E-state index is -0.259. The molecule has 1 unspecified atom stereocenters. The Labute approximate surface area is 115 Å². The molecule has 2 aliphatic heterocycles. The smallest absolute Gasteiger partial charge is 0.243 e. The van der Waals surface area contributed by atoms with Crippen LogP contribution in [0, 0.1) is 5.92 Å². The van der Waals surface area contributed by atoms with Crippen LogP contribution in [0.25, 0.3) is 0 Å². The monoisotopic (exact) mass is 267 g/mol. The number of hydrogen-bond acceptors (Lipinski definition) is 3. The second kappa shape index (κ2) is 6.37. The van der Waals surface area contributed by atoms with Crippen molar-refractivity contribution in [3.63, 3.8) is 0 Å². The Balaban J connectivity index is 1.92. The van der Waals surface area contributed by atoms with Gasteiger partial charge in [-0.2, -0.15) is 0 Å². The molecule has 0 aliphatic carbocycles. The van der Waals surface area contributed by atoms with Crippen molar-refractivity contribution >= 4 is 11.8 Å². The molecule has 2 aliphatic rings. The van der Waals surface area contributed by atoms with E-state index in [-0.39, 0.29) is 24.4 Å². The van der Waals surface area contributed by atoms with Crippen LogP contribution in [0.15, 0.2) is 0 Å². The summed E-state index contributed by atoms with van der Waals surface area (Å²) in [6.07, 6.45) is 2.97. The lowest BCUT2D eigenvalue weighted by Gasteiger charge is -2.39. The van der Waals surface area contributed by atoms with Gasteiger partial charge in [0.25, 0.3) is 0 Å². The van der Waals surface area contributed by atoms with E-state index in [1.54, 1.807) is 0 Å². The molecular formula is C14H25N3O2. The van der Waals surface area contributed by atoms with Gasteiger partial charge in [0, 0.05) is 6.54 Å². The SMILES string of the molecule is CCC1C(=O)NCC(=O)N1CC1CCN(CC)CC1. The van der Waals surface area contributed by atoms with E-state index < -0.39 is 0 Å². The standard InChI is InChI=1S/C14H25N3O2/c1-3-12-14(19)15-9-13(18)17(12)10-11-5-7-16(4-2)8-6-11/h11-12H,3-10H2,1-2H3,(H,15,19). The molecule has 1 N–H and O–H groups in total. The van der Waals surface area contributed by atoms with Crippen LogP contribution < -0.4 is 5.32 Å². The molecule has 0 bridgehead atoms. The van der Waals surface area contributed by atoms with Gasteiger partial charge in [-0.05, 0) is 44.8 Å². The molecule has 0 saturated carbocycles. The number of rotatable bonds is 4. The topological polar surface area (TPSA) is 52.7 Å². The summed E-state index contributed by atoms with van der Waals surface area (Å²) in [5.74, 6) is 0.629. The average Bonchev–Trinajstić information content (AvgIpc) is 2.44. The maximum Gasteiger partial charge on any atom is 0.243 e. The molecule has 0 aromatic heterocycles. The first kappa shape index (κ1) is 14.3. The van der Waals surface area contributed by atoms with Crippen LogP contribution in [0.4, 0.5) is 0 Å². The van der Waals surface area contributed by atoms with Crippen LogP contribution in [0.5, 0.6) is 0 Å². The normalized spacial score (nSPS) is 26.6. The predicted molar refractivity (Wildman–Crippen MR) is 73.6 cm³/mol. The molecule has 2 saturated heterocycles. The minimum absolute atomic E-state index is 0.00749. The Morgan fingerprint density at radius 1 is 1.21 bits per heavy atom. The van der Waals surface area contributed by atoms with Gasteiger partial charge in [-0.3, -0.25) is 9.59 Å². The van der Waals surface area contributed by atoms with Crippen molar-refractivity contribution in [1.29, 1.82) is 0 Å². The van der Waals surface area contributed by atoms with Crippen LogP contribution in [0.3, 0.4) is 0 Å². The van der Waals surface area contributed by atoms with Crippen molar-refractivity contribution in [3.8, 4) is 0 Å². The fraction of sp³-hybridized carbons (Fsp3) is 0.857. The highest BCUT2D eigenvalue weighted by Gasteiger charge is 2.34. The second-order valence-electron chi connectivity index (χ2n) is 5.57. The van der Waals surface area contributed by atoms with E-state index in [9.17, 15) is 9.59 Å². The van der Waals surface area contributed by atoms with Gasteiger partial charge < -0.3 is 15.1 Å². The maximum atomic E-state index is 12.0. The zero-order valence-corrected chi connectivity index (χ0v) is 12.0. The zero-order valence-electron chi connectivity index (χ0n) is 12.0. The molecule has 0 radical (unpaired) electrons. The molecule has 2 amide bonds. The van der Waals surface area contributed by atoms with Crippen molar-refractivity contribution < 1.29 is 9.59 Å². The third-order valence-electron chi connectivity index (χ3n) is 4.41. The lowest BCUT2D eigenvalue weighted by molar-refractivity contribution is -0.146. The Morgan fingerprint density at radius 3 is 2.47 bits per heavy atom. The summed E-state index contributed by atoms with van der Waals surface area (Å²) < 4.78 is 0. The number of piperidine rings is 1. The minimum Gasteiger partial charge on any atom is -0.345 e. The molecule has 0 spiro atoms. The van der Waals surface area contributed by atoms with Gasteiger partial charge >= 0.3 is 0 Å². The summed E-state index contributed by atoms with van der Waals surface area (Å²) in [5.41, 5.74) is 0. The van der Waals surface area contributed by atoms with Crippen LogP contribution >= 0.6 is 0 Å². The van der Waals surface area contributed by atoms with Crippen molar-refractivity contribution in [1.82, 2.24) is 15.1 Å². The predicted octanol–water partition coefficient (Wildman–Crippen LogP) is 0.455. The van der Waals surface area contributed by atoms with Gasteiger partial charge in [-0.15, -0.1) is 0 Å². The van der Waals surface area contributed by atoms with Crippen LogP contribution in [0.1, 0.15) is 33.1 Å². The molecule has 2 rings (SSSR count). The quantitative estimate of drug-likeness (QED) is 0.805. The van der Waals surface area contributed by atoms with Gasteiger partial charge in [0.1, 0.15) is 6.04 Å². The number of carbonyl (C=O) groups is 2. The Bertz CT molecular complexity index is 338. The van der Waals surface area contributed by atoms with E-state index in [0.717, 1.165) is 39.0 Å². The molecule has 2 fully saturated rings. The summed E-state index contributed by atoms with van der Waals surface area (Å²) in [4.78, 5) is 28.1. The van der Waals surface area contributed by atoms with Gasteiger partial charge in [0.15, 0.2) is 0 Å². The van der Waals surface area contributed by atoms with E-state index in [4.69, 9.17) is 0 Å². The number of nitrogens with zero attached hydrogens (tertiary/aromatic N) is 2. The summed E-state index contributed by atoms with van der Waals surface area (Å²) in [7, 11) is 0. The molecule has 1 atom stereocenters. The van der Waals surface area contributed by atoms with Gasteiger partial charge in [-0.1, -0.05) is 13.8 Å². The molecule has 0 aromatic carbocycles. The van der Waals surface area contributed by atoms with Crippen LogP contribution in [-0.4, -0.2) is 60.4 Å². The van der Waals surface area contributed by atoms with Crippen molar-refractivity contribution in [2.75, 3.05) is 32.7 Å². The first-order valence-electron chi connectivity index (χ1n) is 7.45. The van der Waals surface area contributed by atoms with Crippen LogP contribution in [0.2, 0.25) is 0 Å². The van der Waals surface area contributed by atoms with Crippen LogP contribution in [-0.2, 0) is 9.59 Å². The third kappa shape index (κ3) is 3.26. The van der Waals surface area contributed by atoms with Gasteiger partial charge in [0.05, 0.1) is 6.54 Å². The summed E-state index contributed by atoms with van der Waals surface area (Å²) in [6, 6.07) is -0.259. The number of likely N-dealkylation sites (tertiary alicyclic amines) is 1. The Morgan fingerprint density at radius 2 is 1.89 bits per heavy atom. The van der Waals surface area contributed by atoms with Crippen molar-refractivity contribution in [2.24, 2.45) is 5.92 Å². The Kier molecular flexibility index (Phi) is 4.80. The average molecular weight is 267 g/mol. The Hall–Kier alpha value is -1.10. The van der Waals surface area contributed by atoms with E-state index in [1.165, 1.54) is 0 Å². The number of amides is 2. The van der Waals surface area contributed by atoms with E-state index in [2.05, 4.69) is 17.1 Å². The highest BCUT2D eigenvalue weighted by molar-refractivity contribution is 5.94. The molecule has 19 heavy (non-hydrogen) atoms. The number of hydrogen-bond donors (Lipinski definition) is 1. The second-order valence-corrected chi connectivity index (χ2v) is 5.57. The van der Waals surface area contributed by atoms with Crippen molar-refractivity contribution in [3.05, 3.63) is 0 Å². The fourth-order valence-electron chi connectivity index (χ4n) is 3.10.